The van der Waals surface area contributed by atoms with Crippen molar-refractivity contribution in [3.05, 3.63) is 77.1 Å². The second-order valence-corrected chi connectivity index (χ2v) is 4.46. The molecule has 0 unspecified atom stereocenters. The molecule has 0 aliphatic carbocycles. The Bertz CT molecular complexity index is 571. The molecule has 0 amide bonds. The van der Waals surface area contributed by atoms with E-state index in [2.05, 4.69) is 24.0 Å². The topological polar surface area (TPSA) is 59.0 Å². The molecule has 0 aliphatic rings. The minimum absolute atomic E-state index is 0. The third-order valence-corrected chi connectivity index (χ3v) is 2.33. The number of aromatic nitrogens is 1. The Hall–Kier alpha value is -1.77. The van der Waals surface area contributed by atoms with Gasteiger partial charge >= 0.3 is 20.1 Å². The summed E-state index contributed by atoms with van der Waals surface area (Å²) in [6, 6.07) is 15.2. The quantitative estimate of drug-likeness (QED) is 0.472. The van der Waals surface area contributed by atoms with Gasteiger partial charge in [-0.1, -0.05) is 32.9 Å². The van der Waals surface area contributed by atoms with Gasteiger partial charge in [-0.15, -0.1) is 41.5 Å². The van der Waals surface area contributed by atoms with Crippen LogP contribution in [0.5, 0.6) is 0 Å². The van der Waals surface area contributed by atoms with E-state index in [1.165, 1.54) is 18.6 Å². The van der Waals surface area contributed by atoms with Gasteiger partial charge in [0.25, 0.3) is 0 Å². The first-order valence-electron chi connectivity index (χ1n) is 6.31. The van der Waals surface area contributed by atoms with Crippen LogP contribution in [0, 0.1) is 13.0 Å². The average molecular weight is 457 g/mol. The predicted octanol–water partition coefficient (Wildman–Crippen LogP) is 4.83. The van der Waals surface area contributed by atoms with Gasteiger partial charge in [-0.2, -0.15) is 11.4 Å². The number of aryl methyl sites for hydroxylation is 1. The van der Waals surface area contributed by atoms with Crippen LogP contribution in [0.15, 0.2) is 54.4 Å². The number of nitrogens with one attached hydrogen (secondary N) is 1. The van der Waals surface area contributed by atoms with E-state index in [4.69, 9.17) is 11.1 Å². The van der Waals surface area contributed by atoms with Gasteiger partial charge in [0, 0.05) is 6.20 Å². The van der Waals surface area contributed by atoms with Gasteiger partial charge in [0.15, 0.2) is 0 Å². The minimum Gasteiger partial charge on any atom is -0.808 e. The first kappa shape index (κ1) is 19.2. The summed E-state index contributed by atoms with van der Waals surface area (Å²) in [6.45, 7) is 5.20. The van der Waals surface area contributed by atoms with Crippen molar-refractivity contribution in [1.29, 1.82) is 0 Å². The third-order valence-electron chi connectivity index (χ3n) is 2.33. The molecule has 0 saturated heterocycles. The van der Waals surface area contributed by atoms with E-state index in [0.29, 0.717) is 5.70 Å². The smallest absolute Gasteiger partial charge is 0.808 e. The normalized spacial score (nSPS) is 9.95. The fourth-order valence-corrected chi connectivity index (χ4v) is 1.50. The molecule has 0 radical (unpaired) electrons. The van der Waals surface area contributed by atoms with Gasteiger partial charge in [0.1, 0.15) is 0 Å². The Morgan fingerprint density at radius 1 is 1.24 bits per heavy atom. The summed E-state index contributed by atoms with van der Waals surface area (Å²) in [5.74, 6) is 0. The number of hydrogen-bond acceptors (Lipinski definition) is 1. The summed E-state index contributed by atoms with van der Waals surface area (Å²) < 4.78 is 0. The second-order valence-electron chi connectivity index (χ2n) is 4.46. The van der Waals surface area contributed by atoms with Gasteiger partial charge in [-0.05, 0) is 11.8 Å². The van der Waals surface area contributed by atoms with Gasteiger partial charge in [-0.3, -0.25) is 0 Å². The van der Waals surface area contributed by atoms with Gasteiger partial charge < -0.3 is 16.1 Å². The van der Waals surface area contributed by atoms with Crippen molar-refractivity contribution in [2.24, 2.45) is 0 Å². The summed E-state index contributed by atoms with van der Waals surface area (Å²) >= 11 is 0. The summed E-state index contributed by atoms with van der Waals surface area (Å²) in [5, 5.41) is 8.44. The van der Waals surface area contributed by atoms with Crippen molar-refractivity contribution < 1.29 is 20.1 Å². The summed E-state index contributed by atoms with van der Waals surface area (Å²) in [4.78, 5) is 4.25. The van der Waals surface area contributed by atoms with Crippen LogP contribution in [-0.2, 0) is 20.1 Å². The molecule has 0 spiro atoms. The standard InChI is InChI=1S/C12H10N.C5H8N2.Ir/c1-10-5-7-11(8-6-10)12-4-2-3-9-13-12;1-4(6)3-5(2)7;/h2-7,9H,1H3;3,6H,1-2H3;/q-1;-2;+3/b;4-3-;. The van der Waals surface area contributed by atoms with Crippen LogP contribution in [0.1, 0.15) is 19.4 Å². The Kier molecular flexibility index (Phi) is 9.18. The van der Waals surface area contributed by atoms with E-state index < -0.39 is 0 Å². The molecule has 2 rings (SSSR count). The van der Waals surface area contributed by atoms with Gasteiger partial charge in [0.2, 0.25) is 0 Å². The molecule has 1 aromatic carbocycles. The Morgan fingerprint density at radius 3 is 2.33 bits per heavy atom. The fraction of sp³-hybridized carbons (Fsp3) is 0.176. The zero-order valence-electron chi connectivity index (χ0n) is 12.3. The summed E-state index contributed by atoms with van der Waals surface area (Å²) in [6.07, 6.45) is 3.18. The summed E-state index contributed by atoms with van der Waals surface area (Å²) in [7, 11) is 0. The Labute approximate surface area is 140 Å². The van der Waals surface area contributed by atoms with E-state index in [9.17, 15) is 0 Å². The maximum atomic E-state index is 8.44. The first-order valence-corrected chi connectivity index (χ1v) is 6.31. The molecule has 0 bridgehead atoms. The van der Waals surface area contributed by atoms with E-state index in [0.717, 1.165) is 11.3 Å². The van der Waals surface area contributed by atoms with E-state index in [1.54, 1.807) is 13.1 Å². The fourth-order valence-electron chi connectivity index (χ4n) is 1.50. The van der Waals surface area contributed by atoms with Crippen molar-refractivity contribution in [2.45, 2.75) is 20.8 Å². The molecular weight excluding hydrogens is 438 g/mol. The van der Waals surface area contributed by atoms with Crippen LogP contribution in [-0.4, -0.2) is 10.7 Å². The number of nitrogens with zero attached hydrogens (tertiary/aromatic N) is 2. The molecule has 1 aromatic heterocycles. The molecule has 1 N–H and O–H groups in total. The number of pyridine rings is 1. The maximum Gasteiger partial charge on any atom is 3.00 e. The molecule has 1 heterocycles. The van der Waals surface area contributed by atoms with E-state index >= 15 is 0 Å². The number of hydrogen-bond donors (Lipinski definition) is 0. The third kappa shape index (κ3) is 8.18. The molecule has 2 aromatic rings. The first-order chi connectivity index (χ1) is 9.49. The van der Waals surface area contributed by atoms with Crippen LogP contribution >= 0.6 is 0 Å². The molecule has 0 aliphatic heterocycles. The van der Waals surface area contributed by atoms with Crippen molar-refractivity contribution in [1.82, 2.24) is 4.98 Å². The Morgan fingerprint density at radius 2 is 1.95 bits per heavy atom. The second kappa shape index (κ2) is 10.0. The van der Waals surface area contributed by atoms with E-state index in [1.807, 2.05) is 30.3 Å². The summed E-state index contributed by atoms with van der Waals surface area (Å²) in [5.41, 5.74) is 10.6. The Balaban J connectivity index is 0.000000436. The molecule has 21 heavy (non-hydrogen) atoms. The predicted molar refractivity (Wildman–Crippen MR) is 85.4 cm³/mol. The molecule has 3 nitrogen and oxygen atoms in total. The molecule has 0 fully saturated rings. The van der Waals surface area contributed by atoms with Crippen molar-refractivity contribution in [3.8, 4) is 11.3 Å². The van der Waals surface area contributed by atoms with Crippen LogP contribution < -0.4 is 0 Å². The largest absolute Gasteiger partial charge is 3.00 e. The van der Waals surface area contributed by atoms with Gasteiger partial charge in [-0.25, -0.2) is 0 Å². The zero-order valence-corrected chi connectivity index (χ0v) is 14.7. The molecule has 4 heteroatoms. The number of rotatable bonds is 2. The number of benzene rings is 1. The van der Waals surface area contributed by atoms with E-state index in [-0.39, 0.29) is 25.8 Å². The van der Waals surface area contributed by atoms with Crippen molar-refractivity contribution >= 4 is 5.71 Å². The monoisotopic (exact) mass is 457 g/mol. The van der Waals surface area contributed by atoms with Gasteiger partial charge in [0.05, 0.1) is 0 Å². The van der Waals surface area contributed by atoms with Crippen LogP contribution in [0.2, 0.25) is 0 Å². The van der Waals surface area contributed by atoms with Crippen LogP contribution in [0.4, 0.5) is 0 Å². The SMILES string of the molecule is CC(=[N-])/C=C(/C)[NH-].Cc1c[c-]c(-c2ccccn2)cc1.[Ir+3]. The van der Waals surface area contributed by atoms with Crippen molar-refractivity contribution in [3.63, 3.8) is 0 Å². The molecular formula is C17H18IrN3. The van der Waals surface area contributed by atoms with Crippen LogP contribution in [0.25, 0.3) is 22.4 Å². The molecule has 0 saturated carbocycles. The van der Waals surface area contributed by atoms with Crippen LogP contribution in [0.3, 0.4) is 0 Å². The number of allylic oxidation sites excluding steroid dienone is 2. The molecule has 0 atom stereocenters. The van der Waals surface area contributed by atoms with Crippen molar-refractivity contribution in [2.75, 3.05) is 0 Å². The minimum atomic E-state index is 0. The maximum absolute atomic E-state index is 8.44. The average Bonchev–Trinajstić information content (AvgIpc) is 2.40. The zero-order chi connectivity index (χ0) is 15.0. The molecule has 110 valence electrons.